The average molecular weight is 470 g/mol. The number of nitrogens with zero attached hydrogens (tertiary/aromatic N) is 3. The van der Waals surface area contributed by atoms with Crippen LogP contribution in [0.2, 0.25) is 0 Å². The maximum Gasteiger partial charge on any atom is 0.416 e. The molecule has 1 heterocycles. The summed E-state index contributed by atoms with van der Waals surface area (Å²) in [4.78, 5) is 16.1. The second kappa shape index (κ2) is 9.60. The standard InChI is InChI=1S/C22H26F3N3O3S/c1-17(18-6-4-3-5-7-18)26(2)21(29)16-27-12-14-28(15-13-27)32(30,31)20-10-8-19(9-11-20)22(23,24)25/h3-11,17H,12-16H2,1-2H3. The fraction of sp³-hybridized carbons (Fsp3) is 0.409. The number of alkyl halides is 3. The van der Waals surface area contributed by atoms with Gasteiger partial charge in [0.25, 0.3) is 0 Å². The van der Waals surface area contributed by atoms with Crippen molar-refractivity contribution >= 4 is 15.9 Å². The molecule has 2 aromatic rings. The minimum absolute atomic E-state index is 0.0691. The van der Waals surface area contributed by atoms with Crippen molar-refractivity contribution in [3.05, 3.63) is 65.7 Å². The van der Waals surface area contributed by atoms with Crippen molar-refractivity contribution in [1.82, 2.24) is 14.1 Å². The van der Waals surface area contributed by atoms with Crippen molar-refractivity contribution < 1.29 is 26.4 Å². The minimum Gasteiger partial charge on any atom is -0.338 e. The molecule has 32 heavy (non-hydrogen) atoms. The van der Waals surface area contributed by atoms with Gasteiger partial charge in [-0.25, -0.2) is 8.42 Å². The molecule has 0 bridgehead atoms. The third kappa shape index (κ3) is 5.48. The van der Waals surface area contributed by atoms with Crippen LogP contribution in [-0.4, -0.2) is 68.2 Å². The number of benzene rings is 2. The van der Waals surface area contributed by atoms with Gasteiger partial charge in [-0.3, -0.25) is 9.69 Å². The van der Waals surface area contributed by atoms with Gasteiger partial charge in [0.1, 0.15) is 0 Å². The Kier molecular flexibility index (Phi) is 7.26. The number of hydrogen-bond donors (Lipinski definition) is 0. The van der Waals surface area contributed by atoms with Gasteiger partial charge >= 0.3 is 6.18 Å². The number of halogens is 3. The number of sulfonamides is 1. The summed E-state index contributed by atoms with van der Waals surface area (Å²) in [6, 6.07) is 13.1. The summed E-state index contributed by atoms with van der Waals surface area (Å²) in [7, 11) is -2.16. The molecule has 1 unspecified atom stereocenters. The smallest absolute Gasteiger partial charge is 0.338 e. The molecule has 174 valence electrons. The number of hydrogen-bond acceptors (Lipinski definition) is 4. The fourth-order valence-electron chi connectivity index (χ4n) is 3.57. The molecule has 0 N–H and O–H groups in total. The number of piperazine rings is 1. The van der Waals surface area contributed by atoms with Gasteiger partial charge in [0.2, 0.25) is 15.9 Å². The molecular formula is C22H26F3N3O3S. The van der Waals surface area contributed by atoms with Gasteiger partial charge in [0.15, 0.2) is 0 Å². The van der Waals surface area contributed by atoms with Gasteiger partial charge in [0.05, 0.1) is 23.0 Å². The Labute approximate surface area is 186 Å². The van der Waals surface area contributed by atoms with E-state index >= 15 is 0 Å². The zero-order valence-electron chi connectivity index (χ0n) is 17.9. The third-order valence-electron chi connectivity index (χ3n) is 5.77. The lowest BCUT2D eigenvalue weighted by Gasteiger charge is -2.35. The summed E-state index contributed by atoms with van der Waals surface area (Å²) in [6.07, 6.45) is -4.52. The summed E-state index contributed by atoms with van der Waals surface area (Å²) >= 11 is 0. The van der Waals surface area contributed by atoms with Crippen LogP contribution in [0.3, 0.4) is 0 Å². The van der Waals surface area contributed by atoms with E-state index in [2.05, 4.69) is 0 Å². The van der Waals surface area contributed by atoms with E-state index in [4.69, 9.17) is 0 Å². The quantitative estimate of drug-likeness (QED) is 0.652. The van der Waals surface area contributed by atoms with Crippen molar-refractivity contribution in [3.63, 3.8) is 0 Å². The van der Waals surface area contributed by atoms with Crippen LogP contribution in [0.5, 0.6) is 0 Å². The molecule has 0 spiro atoms. The first-order valence-electron chi connectivity index (χ1n) is 10.2. The van der Waals surface area contributed by atoms with E-state index in [1.54, 1.807) is 11.9 Å². The highest BCUT2D eigenvalue weighted by molar-refractivity contribution is 7.89. The topological polar surface area (TPSA) is 60.9 Å². The lowest BCUT2D eigenvalue weighted by Crippen LogP contribution is -2.51. The third-order valence-corrected chi connectivity index (χ3v) is 7.68. The van der Waals surface area contributed by atoms with Gasteiger partial charge in [0, 0.05) is 33.2 Å². The van der Waals surface area contributed by atoms with E-state index < -0.39 is 21.8 Å². The Morgan fingerprint density at radius 1 is 1.00 bits per heavy atom. The molecular weight excluding hydrogens is 443 g/mol. The maximum absolute atomic E-state index is 12.8. The predicted molar refractivity (Wildman–Crippen MR) is 114 cm³/mol. The molecule has 0 saturated carbocycles. The molecule has 1 aliphatic rings. The van der Waals surface area contributed by atoms with Crippen molar-refractivity contribution in [1.29, 1.82) is 0 Å². The number of likely N-dealkylation sites (N-methyl/N-ethyl adjacent to an activating group) is 1. The second-order valence-electron chi connectivity index (χ2n) is 7.79. The number of amides is 1. The summed E-state index contributed by atoms with van der Waals surface area (Å²) in [5.41, 5.74) is 0.129. The molecule has 6 nitrogen and oxygen atoms in total. The minimum atomic E-state index is -4.52. The largest absolute Gasteiger partial charge is 0.416 e. The number of rotatable bonds is 6. The van der Waals surface area contributed by atoms with Crippen molar-refractivity contribution in [2.75, 3.05) is 39.8 Å². The van der Waals surface area contributed by atoms with E-state index in [1.807, 2.05) is 42.2 Å². The Balaban J connectivity index is 1.57. The van der Waals surface area contributed by atoms with E-state index in [1.165, 1.54) is 4.31 Å². The first kappa shape index (κ1) is 24.2. The number of carbonyl (C=O) groups excluding carboxylic acids is 1. The van der Waals surface area contributed by atoms with Gasteiger partial charge in [-0.1, -0.05) is 30.3 Å². The highest BCUT2D eigenvalue weighted by atomic mass is 32.2. The predicted octanol–water partition coefficient (Wildman–Crippen LogP) is 3.23. The first-order chi connectivity index (χ1) is 15.0. The molecule has 1 amide bonds. The summed E-state index contributed by atoms with van der Waals surface area (Å²) in [5.74, 6) is -0.0691. The first-order valence-corrected chi connectivity index (χ1v) is 11.6. The Bertz CT molecular complexity index is 1020. The molecule has 3 rings (SSSR count). The van der Waals surface area contributed by atoms with Crippen molar-refractivity contribution in [3.8, 4) is 0 Å². The Morgan fingerprint density at radius 3 is 2.09 bits per heavy atom. The Morgan fingerprint density at radius 2 is 1.56 bits per heavy atom. The van der Waals surface area contributed by atoms with Crippen LogP contribution in [0, 0.1) is 0 Å². The van der Waals surface area contributed by atoms with Crippen LogP contribution >= 0.6 is 0 Å². The molecule has 1 aliphatic heterocycles. The lowest BCUT2D eigenvalue weighted by molar-refractivity contribution is -0.137. The van der Waals surface area contributed by atoms with Crippen LogP contribution in [0.25, 0.3) is 0 Å². The molecule has 0 aromatic heterocycles. The Hall–Kier alpha value is -2.43. The monoisotopic (exact) mass is 469 g/mol. The summed E-state index contributed by atoms with van der Waals surface area (Å²) < 4.78 is 65.0. The van der Waals surface area contributed by atoms with Crippen LogP contribution in [0.4, 0.5) is 13.2 Å². The van der Waals surface area contributed by atoms with E-state index in [0.29, 0.717) is 13.1 Å². The number of carbonyl (C=O) groups is 1. The van der Waals surface area contributed by atoms with Crippen LogP contribution in [-0.2, 0) is 21.0 Å². The van der Waals surface area contributed by atoms with Gasteiger partial charge in [-0.05, 0) is 36.8 Å². The van der Waals surface area contributed by atoms with Gasteiger partial charge in [-0.15, -0.1) is 0 Å². The van der Waals surface area contributed by atoms with Gasteiger partial charge in [-0.2, -0.15) is 17.5 Å². The summed E-state index contributed by atoms with van der Waals surface area (Å²) in [6.45, 7) is 3.16. The fourth-order valence-corrected chi connectivity index (χ4v) is 4.99. The molecule has 0 radical (unpaired) electrons. The summed E-state index contributed by atoms with van der Waals surface area (Å²) in [5, 5.41) is 0. The van der Waals surface area contributed by atoms with E-state index in [9.17, 15) is 26.4 Å². The molecule has 2 aromatic carbocycles. The molecule has 1 atom stereocenters. The lowest BCUT2D eigenvalue weighted by atomic mass is 10.1. The second-order valence-corrected chi connectivity index (χ2v) is 9.73. The van der Waals surface area contributed by atoms with Crippen LogP contribution in [0.1, 0.15) is 24.1 Å². The van der Waals surface area contributed by atoms with Crippen molar-refractivity contribution in [2.45, 2.75) is 24.0 Å². The van der Waals surface area contributed by atoms with E-state index in [-0.39, 0.29) is 36.5 Å². The maximum atomic E-state index is 12.8. The molecule has 0 aliphatic carbocycles. The molecule has 1 fully saturated rings. The average Bonchev–Trinajstić information content (AvgIpc) is 2.78. The van der Waals surface area contributed by atoms with Crippen molar-refractivity contribution in [2.24, 2.45) is 0 Å². The zero-order chi connectivity index (χ0) is 23.5. The molecule has 10 heteroatoms. The van der Waals surface area contributed by atoms with Gasteiger partial charge < -0.3 is 4.90 Å². The SMILES string of the molecule is CC(c1ccccc1)N(C)C(=O)CN1CCN(S(=O)(=O)c2ccc(C(F)(F)F)cc2)CC1. The van der Waals surface area contributed by atoms with E-state index in [0.717, 1.165) is 29.8 Å². The highest BCUT2D eigenvalue weighted by Gasteiger charge is 2.33. The highest BCUT2D eigenvalue weighted by Crippen LogP contribution is 2.30. The normalized spacial score (nSPS) is 17.2. The van der Waals surface area contributed by atoms with Crippen LogP contribution < -0.4 is 0 Å². The van der Waals surface area contributed by atoms with Crippen LogP contribution in [0.15, 0.2) is 59.5 Å². The zero-order valence-corrected chi connectivity index (χ0v) is 18.7. The molecule has 1 saturated heterocycles.